The van der Waals surface area contributed by atoms with E-state index in [4.69, 9.17) is 15.2 Å². The molecule has 0 saturated heterocycles. The Morgan fingerprint density at radius 2 is 1.91 bits per heavy atom. The number of anilines is 3. The summed E-state index contributed by atoms with van der Waals surface area (Å²) in [5, 5.41) is 9.02. The predicted octanol–water partition coefficient (Wildman–Crippen LogP) is 1.69. The van der Waals surface area contributed by atoms with E-state index in [0.717, 1.165) is 0 Å². The highest BCUT2D eigenvalue weighted by Gasteiger charge is 2.20. The van der Waals surface area contributed by atoms with Crippen molar-refractivity contribution >= 4 is 34.9 Å². The van der Waals surface area contributed by atoms with Crippen molar-refractivity contribution in [2.45, 2.75) is 6.42 Å². The first-order valence-electron chi connectivity index (χ1n) is 9.78. The second-order valence-electron chi connectivity index (χ2n) is 6.65. The zero-order valence-corrected chi connectivity index (χ0v) is 17.8. The molecule has 11 nitrogen and oxygen atoms in total. The van der Waals surface area contributed by atoms with E-state index in [2.05, 4.69) is 32.5 Å². The van der Waals surface area contributed by atoms with Crippen LogP contribution in [-0.4, -0.2) is 53.5 Å². The first-order valence-corrected chi connectivity index (χ1v) is 9.78. The highest BCUT2D eigenvalue weighted by molar-refractivity contribution is 6.04. The predicted molar refractivity (Wildman–Crippen MR) is 121 cm³/mol. The van der Waals surface area contributed by atoms with Crippen LogP contribution in [0.2, 0.25) is 0 Å². The summed E-state index contributed by atoms with van der Waals surface area (Å²) >= 11 is 0. The third-order valence-corrected chi connectivity index (χ3v) is 4.53. The summed E-state index contributed by atoms with van der Waals surface area (Å²) in [5.41, 5.74) is 6.73. The van der Waals surface area contributed by atoms with Gasteiger partial charge < -0.3 is 31.2 Å². The Balaban J connectivity index is 1.91. The average Bonchev–Trinajstić information content (AvgIpc) is 3.27. The summed E-state index contributed by atoms with van der Waals surface area (Å²) in [7, 11) is 3.09. The number of fused-ring (bicyclic) bond motifs is 1. The molecule has 0 saturated carbocycles. The normalized spacial score (nSPS) is 10.4. The molecule has 0 aliphatic heterocycles. The third-order valence-electron chi connectivity index (χ3n) is 4.53. The third kappa shape index (κ3) is 5.06. The van der Waals surface area contributed by atoms with Crippen molar-refractivity contribution in [3.63, 3.8) is 0 Å². The standard InChI is InChI=1S/C21H25N7O4/c1-4-16(29)23-6-5-7-25-21-27-19(17(18(22)30)20-24-8-9-28(20)21)26-13-10-14(31-2)12-15(11-13)32-3/h4,8-12,26H,1,5-7H2,2-3H3,(H2,22,30)(H,23,29)(H,25,27). The quantitative estimate of drug-likeness (QED) is 0.261. The number of hydrogen-bond donors (Lipinski definition) is 4. The summed E-state index contributed by atoms with van der Waals surface area (Å²) in [4.78, 5) is 32.3. The number of carbonyl (C=O) groups is 2. The number of nitrogens with zero attached hydrogens (tertiary/aromatic N) is 3. The molecular weight excluding hydrogens is 414 g/mol. The Labute approximate surface area is 184 Å². The molecule has 2 amide bonds. The van der Waals surface area contributed by atoms with Crippen molar-refractivity contribution < 1.29 is 19.1 Å². The number of amides is 2. The average molecular weight is 439 g/mol. The first-order chi connectivity index (χ1) is 15.5. The Hall–Kier alpha value is -4.28. The second kappa shape index (κ2) is 10.2. The minimum absolute atomic E-state index is 0.139. The molecule has 0 atom stereocenters. The van der Waals surface area contributed by atoms with Crippen LogP contribution in [0.15, 0.2) is 43.2 Å². The van der Waals surface area contributed by atoms with Crippen LogP contribution in [0, 0.1) is 0 Å². The second-order valence-corrected chi connectivity index (χ2v) is 6.65. The van der Waals surface area contributed by atoms with Crippen LogP contribution in [0.25, 0.3) is 5.65 Å². The number of nitrogens with two attached hydrogens (primary N) is 1. The highest BCUT2D eigenvalue weighted by atomic mass is 16.5. The van der Waals surface area contributed by atoms with Gasteiger partial charge in [-0.3, -0.25) is 14.0 Å². The van der Waals surface area contributed by atoms with Gasteiger partial charge in [0.15, 0.2) is 11.5 Å². The van der Waals surface area contributed by atoms with E-state index in [9.17, 15) is 9.59 Å². The van der Waals surface area contributed by atoms with Crippen LogP contribution < -0.4 is 31.2 Å². The summed E-state index contributed by atoms with van der Waals surface area (Å²) < 4.78 is 12.2. The van der Waals surface area contributed by atoms with Gasteiger partial charge in [0.2, 0.25) is 11.9 Å². The topological polar surface area (TPSA) is 145 Å². The molecule has 0 fully saturated rings. The molecule has 0 unspecified atom stereocenters. The Morgan fingerprint density at radius 3 is 2.53 bits per heavy atom. The number of benzene rings is 1. The molecular formula is C21H25N7O4. The van der Waals surface area contributed by atoms with E-state index in [1.807, 2.05) is 0 Å². The number of hydrogen-bond acceptors (Lipinski definition) is 8. The smallest absolute Gasteiger partial charge is 0.256 e. The molecule has 0 bridgehead atoms. The minimum Gasteiger partial charge on any atom is -0.497 e. The van der Waals surface area contributed by atoms with E-state index < -0.39 is 5.91 Å². The molecule has 0 aliphatic carbocycles. The number of imidazole rings is 1. The molecule has 2 heterocycles. The van der Waals surface area contributed by atoms with Crippen LogP contribution in [0.3, 0.4) is 0 Å². The van der Waals surface area contributed by atoms with Gasteiger partial charge in [-0.2, -0.15) is 4.98 Å². The first kappa shape index (κ1) is 22.4. The Kier molecular flexibility index (Phi) is 7.11. The number of methoxy groups -OCH3 is 2. The van der Waals surface area contributed by atoms with Gasteiger partial charge in [0.1, 0.15) is 17.1 Å². The van der Waals surface area contributed by atoms with Crippen molar-refractivity contribution in [1.29, 1.82) is 0 Å². The van der Waals surface area contributed by atoms with Gasteiger partial charge in [-0.05, 0) is 12.5 Å². The largest absolute Gasteiger partial charge is 0.497 e. The number of nitrogens with one attached hydrogen (secondary N) is 3. The maximum atomic E-state index is 12.2. The van der Waals surface area contributed by atoms with Gasteiger partial charge in [0.25, 0.3) is 5.91 Å². The zero-order valence-electron chi connectivity index (χ0n) is 17.8. The summed E-state index contributed by atoms with van der Waals surface area (Å²) in [6.45, 7) is 4.40. The zero-order chi connectivity index (χ0) is 23.1. The number of aromatic nitrogens is 3. The van der Waals surface area contributed by atoms with Gasteiger partial charge in [0, 0.05) is 49.4 Å². The fourth-order valence-electron chi connectivity index (χ4n) is 3.01. The molecule has 11 heteroatoms. The lowest BCUT2D eigenvalue weighted by Gasteiger charge is -2.16. The monoisotopic (exact) mass is 439 g/mol. The minimum atomic E-state index is -0.676. The number of rotatable bonds is 11. The van der Waals surface area contributed by atoms with Gasteiger partial charge in [-0.25, -0.2) is 4.98 Å². The van der Waals surface area contributed by atoms with Gasteiger partial charge in [-0.15, -0.1) is 0 Å². The number of primary amides is 1. The summed E-state index contributed by atoms with van der Waals surface area (Å²) in [6.07, 6.45) is 5.09. The molecule has 2 aromatic heterocycles. The molecule has 3 aromatic rings. The molecule has 168 valence electrons. The van der Waals surface area contributed by atoms with E-state index in [0.29, 0.717) is 48.3 Å². The van der Waals surface area contributed by atoms with E-state index in [1.54, 1.807) is 49.2 Å². The lowest BCUT2D eigenvalue weighted by molar-refractivity contribution is -0.116. The summed E-state index contributed by atoms with van der Waals surface area (Å²) in [6, 6.07) is 5.20. The molecule has 3 rings (SSSR count). The van der Waals surface area contributed by atoms with Crippen LogP contribution in [0.5, 0.6) is 11.5 Å². The molecule has 0 spiro atoms. The van der Waals surface area contributed by atoms with Crippen molar-refractivity contribution in [2.75, 3.05) is 37.9 Å². The SMILES string of the molecule is C=CC(=O)NCCCNc1nc(Nc2cc(OC)cc(OC)c2)c(C(N)=O)c2nccn12. The number of carbonyl (C=O) groups excluding carboxylic acids is 2. The fraction of sp³-hybridized carbons (Fsp3) is 0.238. The molecule has 0 radical (unpaired) electrons. The molecule has 0 aliphatic rings. The molecule has 1 aromatic carbocycles. The van der Waals surface area contributed by atoms with E-state index in [-0.39, 0.29) is 17.3 Å². The van der Waals surface area contributed by atoms with Gasteiger partial charge in [0.05, 0.1) is 14.2 Å². The molecule has 5 N–H and O–H groups in total. The Morgan fingerprint density at radius 1 is 1.19 bits per heavy atom. The maximum Gasteiger partial charge on any atom is 0.256 e. The lowest BCUT2D eigenvalue weighted by atomic mass is 10.2. The highest BCUT2D eigenvalue weighted by Crippen LogP contribution is 2.30. The fourth-order valence-corrected chi connectivity index (χ4v) is 3.01. The van der Waals surface area contributed by atoms with Crippen LogP contribution in [0.4, 0.5) is 17.5 Å². The Bertz CT molecular complexity index is 1120. The van der Waals surface area contributed by atoms with Gasteiger partial charge in [-0.1, -0.05) is 6.58 Å². The summed E-state index contributed by atoms with van der Waals surface area (Å²) in [5.74, 6) is 0.906. The lowest BCUT2D eigenvalue weighted by Crippen LogP contribution is -2.24. The van der Waals surface area contributed by atoms with Crippen molar-refractivity contribution in [2.24, 2.45) is 5.73 Å². The van der Waals surface area contributed by atoms with Crippen LogP contribution in [-0.2, 0) is 4.79 Å². The van der Waals surface area contributed by atoms with Gasteiger partial charge >= 0.3 is 0 Å². The van der Waals surface area contributed by atoms with Crippen LogP contribution in [0.1, 0.15) is 16.8 Å². The molecule has 32 heavy (non-hydrogen) atoms. The van der Waals surface area contributed by atoms with E-state index >= 15 is 0 Å². The van der Waals surface area contributed by atoms with Crippen molar-refractivity contribution in [3.05, 3.63) is 48.8 Å². The van der Waals surface area contributed by atoms with Crippen LogP contribution >= 0.6 is 0 Å². The van der Waals surface area contributed by atoms with Crippen molar-refractivity contribution in [1.82, 2.24) is 19.7 Å². The van der Waals surface area contributed by atoms with Crippen molar-refractivity contribution in [3.8, 4) is 11.5 Å². The van der Waals surface area contributed by atoms with E-state index in [1.165, 1.54) is 6.08 Å². The maximum absolute atomic E-state index is 12.2. The number of ether oxygens (including phenoxy) is 2.